The molecule has 0 saturated carbocycles. The van der Waals surface area contributed by atoms with Gasteiger partial charge in [-0.3, -0.25) is 9.36 Å². The lowest BCUT2D eigenvalue weighted by Crippen LogP contribution is -2.22. The van der Waals surface area contributed by atoms with Crippen molar-refractivity contribution in [2.75, 3.05) is 12.5 Å². The van der Waals surface area contributed by atoms with Gasteiger partial charge in [0, 0.05) is 16.1 Å². The number of benzene rings is 2. The lowest BCUT2D eigenvalue weighted by atomic mass is 10.2. The number of thioether (sulfide) groups is 2. The summed E-state index contributed by atoms with van der Waals surface area (Å²) in [6.45, 7) is 7.36. The highest BCUT2D eigenvalue weighted by Gasteiger charge is 2.19. The molecule has 0 aliphatic heterocycles. The van der Waals surface area contributed by atoms with E-state index < -0.39 is 5.56 Å². The van der Waals surface area contributed by atoms with Crippen molar-refractivity contribution in [3.63, 3.8) is 0 Å². The Bertz CT molecular complexity index is 1040. The van der Waals surface area contributed by atoms with E-state index in [2.05, 4.69) is 9.83 Å². The van der Waals surface area contributed by atoms with Crippen LogP contribution in [0.5, 0.6) is 0 Å². The zero-order chi connectivity index (χ0) is 18.7. The van der Waals surface area contributed by atoms with E-state index >= 15 is 0 Å². The van der Waals surface area contributed by atoms with E-state index in [9.17, 15) is 9.18 Å². The van der Waals surface area contributed by atoms with Crippen molar-refractivity contribution in [1.82, 2.24) is 9.55 Å². The minimum atomic E-state index is -0.435. The molecule has 0 N–H and O–H groups in total. The molecule has 0 radical (unpaired) electrons. The van der Waals surface area contributed by atoms with Gasteiger partial charge >= 0.3 is 0 Å². The maximum atomic E-state index is 13.3. The minimum absolute atomic E-state index is 0.0164. The van der Waals surface area contributed by atoms with Crippen LogP contribution in [0.3, 0.4) is 0 Å². The van der Waals surface area contributed by atoms with Crippen molar-refractivity contribution >= 4 is 29.2 Å². The van der Waals surface area contributed by atoms with Crippen LogP contribution < -0.4 is 5.56 Å². The molecule has 7 heteroatoms. The van der Waals surface area contributed by atoms with E-state index in [-0.39, 0.29) is 11.5 Å². The Hall–Kier alpha value is -2.56. The molecule has 2 aromatic carbocycles. The first-order valence-electron chi connectivity index (χ1n) is 7.58. The predicted molar refractivity (Wildman–Crippen MR) is 105 cm³/mol. The van der Waals surface area contributed by atoms with Gasteiger partial charge in [0.1, 0.15) is 16.7 Å². The quantitative estimate of drug-likeness (QED) is 0.360. The van der Waals surface area contributed by atoms with E-state index in [0.29, 0.717) is 22.1 Å². The van der Waals surface area contributed by atoms with E-state index in [0.717, 1.165) is 4.90 Å². The normalized spacial score (nSPS) is 10.5. The average molecular weight is 383 g/mol. The third-order valence-electron chi connectivity index (χ3n) is 3.77. The van der Waals surface area contributed by atoms with Crippen LogP contribution in [0.2, 0.25) is 0 Å². The molecule has 1 heterocycles. The monoisotopic (exact) mass is 383 g/mol. The van der Waals surface area contributed by atoms with Gasteiger partial charge in [0.15, 0.2) is 0 Å². The summed E-state index contributed by atoms with van der Waals surface area (Å²) in [6.07, 6.45) is 3.74. The SMILES string of the molecule is [C-]#[N+]c1c(SC)nc(-c2ccc(F)cc2)n(-c2ccc(SC)cc2)c1=O. The summed E-state index contributed by atoms with van der Waals surface area (Å²) >= 11 is 2.84. The summed E-state index contributed by atoms with van der Waals surface area (Å²) in [4.78, 5) is 22.0. The molecule has 0 spiro atoms. The highest BCUT2D eigenvalue weighted by molar-refractivity contribution is 7.98. The van der Waals surface area contributed by atoms with E-state index in [1.807, 2.05) is 30.5 Å². The summed E-state index contributed by atoms with van der Waals surface area (Å²) in [5, 5.41) is 0.362. The molecule has 3 aromatic rings. The van der Waals surface area contributed by atoms with E-state index in [1.54, 1.807) is 30.2 Å². The molecule has 0 amide bonds. The third kappa shape index (κ3) is 3.39. The molecule has 0 unspecified atom stereocenters. The fraction of sp³-hybridized carbons (Fsp3) is 0.105. The molecule has 0 fully saturated rings. The van der Waals surface area contributed by atoms with Crippen LogP contribution in [0.15, 0.2) is 63.2 Å². The average Bonchev–Trinajstić information content (AvgIpc) is 2.68. The fourth-order valence-electron chi connectivity index (χ4n) is 2.49. The van der Waals surface area contributed by atoms with Crippen LogP contribution in [0.25, 0.3) is 21.9 Å². The first-order valence-corrected chi connectivity index (χ1v) is 10.0. The second-order valence-electron chi connectivity index (χ2n) is 5.25. The molecule has 3 rings (SSSR count). The number of hydrogen-bond acceptors (Lipinski definition) is 4. The standard InChI is InChI=1S/C19H14FN3OS2/c1-21-16-18(26-3)22-17(12-4-6-13(20)7-5-12)23(19(16)24)14-8-10-15(25-2)11-9-14/h4-11H,2-3H3. The van der Waals surface area contributed by atoms with Crippen LogP contribution in [0.4, 0.5) is 10.1 Å². The summed E-state index contributed by atoms with van der Waals surface area (Å²) in [5.74, 6) is 0.0125. The Morgan fingerprint density at radius 1 is 1.04 bits per heavy atom. The molecule has 26 heavy (non-hydrogen) atoms. The van der Waals surface area contributed by atoms with Gasteiger partial charge in [0.05, 0.1) is 6.57 Å². The molecular formula is C19H14FN3OS2. The van der Waals surface area contributed by atoms with Gasteiger partial charge in [0.2, 0.25) is 0 Å². The van der Waals surface area contributed by atoms with Crippen molar-refractivity contribution in [3.8, 4) is 17.1 Å². The van der Waals surface area contributed by atoms with Gasteiger partial charge in [-0.05, 0) is 61.0 Å². The number of halogens is 1. The Kier molecular flexibility index (Phi) is 5.45. The van der Waals surface area contributed by atoms with E-state index in [1.165, 1.54) is 28.5 Å². The van der Waals surface area contributed by atoms with Crippen LogP contribution in [0, 0.1) is 12.4 Å². The summed E-state index contributed by atoms with van der Waals surface area (Å²) in [5.41, 5.74) is 0.759. The molecule has 130 valence electrons. The Morgan fingerprint density at radius 3 is 2.23 bits per heavy atom. The highest BCUT2D eigenvalue weighted by Crippen LogP contribution is 2.29. The maximum absolute atomic E-state index is 13.3. The molecule has 0 aliphatic carbocycles. The van der Waals surface area contributed by atoms with Gasteiger partial charge in [0.25, 0.3) is 11.2 Å². The fourth-order valence-corrected chi connectivity index (χ4v) is 3.41. The van der Waals surface area contributed by atoms with Gasteiger partial charge in [-0.2, -0.15) is 0 Å². The zero-order valence-corrected chi connectivity index (χ0v) is 15.7. The van der Waals surface area contributed by atoms with Gasteiger partial charge < -0.3 is 0 Å². The molecule has 0 aliphatic rings. The third-order valence-corrected chi connectivity index (χ3v) is 5.18. The smallest absolute Gasteiger partial charge is 0.282 e. The van der Waals surface area contributed by atoms with Gasteiger partial charge in [-0.1, -0.05) is 0 Å². The lowest BCUT2D eigenvalue weighted by molar-refractivity contribution is 0.628. The highest BCUT2D eigenvalue weighted by atomic mass is 32.2. The molecular weight excluding hydrogens is 369 g/mol. The van der Waals surface area contributed by atoms with Crippen LogP contribution in [0.1, 0.15) is 0 Å². The van der Waals surface area contributed by atoms with Crippen molar-refractivity contribution in [2.45, 2.75) is 9.92 Å². The maximum Gasteiger partial charge on any atom is 0.282 e. The number of rotatable bonds is 4. The van der Waals surface area contributed by atoms with Crippen LogP contribution in [-0.4, -0.2) is 22.1 Å². The van der Waals surface area contributed by atoms with Crippen molar-refractivity contribution in [2.24, 2.45) is 0 Å². The number of aromatic nitrogens is 2. The minimum Gasteiger partial charge on any atom is -0.282 e. The second-order valence-corrected chi connectivity index (χ2v) is 6.93. The molecule has 0 saturated heterocycles. The summed E-state index contributed by atoms with van der Waals surface area (Å²) in [7, 11) is 0. The largest absolute Gasteiger partial charge is 0.282 e. The van der Waals surface area contributed by atoms with Crippen LogP contribution >= 0.6 is 23.5 Å². The molecule has 0 bridgehead atoms. The Labute approximate surface area is 158 Å². The van der Waals surface area contributed by atoms with Crippen molar-refractivity contribution in [1.29, 1.82) is 0 Å². The Balaban J connectivity index is 2.34. The molecule has 4 nitrogen and oxygen atoms in total. The zero-order valence-electron chi connectivity index (χ0n) is 14.1. The number of hydrogen-bond donors (Lipinski definition) is 0. The van der Waals surface area contributed by atoms with Crippen molar-refractivity contribution < 1.29 is 4.39 Å². The first-order chi connectivity index (χ1) is 12.6. The first kappa shape index (κ1) is 18.2. The Morgan fingerprint density at radius 2 is 1.69 bits per heavy atom. The molecule has 1 aromatic heterocycles. The molecule has 0 atom stereocenters. The summed E-state index contributed by atoms with van der Waals surface area (Å²) in [6, 6.07) is 13.2. The lowest BCUT2D eigenvalue weighted by Gasteiger charge is -2.15. The number of nitrogens with zero attached hydrogens (tertiary/aromatic N) is 3. The van der Waals surface area contributed by atoms with Gasteiger partial charge in [-0.25, -0.2) is 14.2 Å². The van der Waals surface area contributed by atoms with Crippen molar-refractivity contribution in [3.05, 3.63) is 76.1 Å². The van der Waals surface area contributed by atoms with E-state index in [4.69, 9.17) is 6.57 Å². The summed E-state index contributed by atoms with van der Waals surface area (Å²) < 4.78 is 14.7. The topological polar surface area (TPSA) is 39.2 Å². The predicted octanol–water partition coefficient (Wildman–Crippen LogP) is 5.03. The van der Waals surface area contributed by atoms with Crippen LogP contribution in [-0.2, 0) is 0 Å². The second kappa shape index (κ2) is 7.77. The van der Waals surface area contributed by atoms with Gasteiger partial charge in [-0.15, -0.1) is 23.5 Å².